The van der Waals surface area contributed by atoms with Crippen LogP contribution >= 0.6 is 0 Å². The molecule has 0 fully saturated rings. The lowest BCUT2D eigenvalue weighted by atomic mass is 10.4. The van der Waals surface area contributed by atoms with Crippen molar-refractivity contribution < 1.29 is 9.59 Å². The molecule has 0 saturated carbocycles. The third-order valence-electron chi connectivity index (χ3n) is 1.81. The molecular weight excluding hydrogens is 168 g/mol. The monoisotopic (exact) mass is 181 g/mol. The van der Waals surface area contributed by atoms with Crippen LogP contribution in [0.4, 0.5) is 0 Å². The van der Waals surface area contributed by atoms with Crippen molar-refractivity contribution in [3.63, 3.8) is 0 Å². The average molecular weight is 181 g/mol. The fourth-order valence-corrected chi connectivity index (χ4v) is 1.14. The van der Waals surface area contributed by atoms with E-state index in [1.54, 1.807) is 0 Å². The third-order valence-corrected chi connectivity index (χ3v) is 1.81. The van der Waals surface area contributed by atoms with Crippen molar-refractivity contribution in [1.29, 1.82) is 0 Å². The van der Waals surface area contributed by atoms with Crippen molar-refractivity contribution in [1.82, 2.24) is 10.2 Å². The average Bonchev–Trinajstić information content (AvgIpc) is 2.42. The molecule has 1 rings (SSSR count). The summed E-state index contributed by atoms with van der Waals surface area (Å²) in [7, 11) is 0. The molecule has 0 aromatic heterocycles. The Bertz CT molecular complexity index is 218. The van der Waals surface area contributed by atoms with Gasteiger partial charge in [0, 0.05) is 18.7 Å². The number of rotatable bonds is 5. The molecule has 1 N–H and O–H groups in total. The van der Waals surface area contributed by atoms with Crippen molar-refractivity contribution >= 4 is 11.8 Å². The molecule has 0 aromatic carbocycles. The van der Waals surface area contributed by atoms with Crippen LogP contribution in [0.1, 0.15) is 6.42 Å². The summed E-state index contributed by atoms with van der Waals surface area (Å²) in [4.78, 5) is 23.3. The van der Waals surface area contributed by atoms with Crippen LogP contribution in [-0.2, 0) is 9.59 Å². The van der Waals surface area contributed by atoms with Crippen LogP contribution in [0.15, 0.2) is 12.2 Å². The molecule has 0 spiro atoms. The molecule has 13 heavy (non-hydrogen) atoms. The Labute approximate surface area is 77.6 Å². The highest BCUT2D eigenvalue weighted by Gasteiger charge is 2.21. The number of hydrogen-bond acceptors (Lipinski definition) is 3. The number of imide groups is 1. The van der Waals surface area contributed by atoms with Crippen LogP contribution in [0.2, 0.25) is 0 Å². The van der Waals surface area contributed by atoms with Gasteiger partial charge in [-0.05, 0) is 26.4 Å². The zero-order chi connectivity index (χ0) is 9.68. The van der Waals surface area contributed by atoms with Gasteiger partial charge in [-0.1, -0.05) is 0 Å². The Kier molecular flexibility index (Phi) is 3.64. The first-order valence-corrected chi connectivity index (χ1v) is 4.29. The molecule has 0 aliphatic carbocycles. The van der Waals surface area contributed by atoms with Gasteiger partial charge in [0.05, 0.1) is 0 Å². The van der Waals surface area contributed by atoms with Gasteiger partial charge >= 0.3 is 0 Å². The first kappa shape index (κ1) is 9.92. The van der Waals surface area contributed by atoms with Crippen molar-refractivity contribution in [3.8, 4) is 0 Å². The van der Waals surface area contributed by atoms with E-state index in [0.29, 0.717) is 13.1 Å². The van der Waals surface area contributed by atoms with Crippen LogP contribution in [-0.4, -0.2) is 36.3 Å². The first-order chi connectivity index (χ1) is 6.25. The maximum Gasteiger partial charge on any atom is 0.253 e. The van der Waals surface area contributed by atoms with E-state index in [0.717, 1.165) is 13.0 Å². The zero-order valence-corrected chi connectivity index (χ0v) is 7.45. The second-order valence-corrected chi connectivity index (χ2v) is 2.77. The highest BCUT2D eigenvalue weighted by molar-refractivity contribution is 6.12. The number of amides is 2. The summed E-state index contributed by atoms with van der Waals surface area (Å²) in [5, 5.41) is 3.02. The standard InChI is InChI=1S/C9H13N2O2/c1-2-10-6-3-7-11-8(12)4-5-9(11)13/h4-5,10H,1-3,6-7H2. The van der Waals surface area contributed by atoms with Gasteiger partial charge in [0.15, 0.2) is 0 Å². The third kappa shape index (κ3) is 2.66. The number of carbonyl (C=O) groups excluding carboxylic acids is 2. The van der Waals surface area contributed by atoms with E-state index in [9.17, 15) is 9.59 Å². The van der Waals surface area contributed by atoms with Crippen LogP contribution in [0, 0.1) is 6.92 Å². The van der Waals surface area contributed by atoms with Gasteiger partial charge in [-0.2, -0.15) is 0 Å². The Morgan fingerprint density at radius 1 is 1.31 bits per heavy atom. The van der Waals surface area contributed by atoms with Gasteiger partial charge in [0.25, 0.3) is 11.8 Å². The van der Waals surface area contributed by atoms with E-state index >= 15 is 0 Å². The van der Waals surface area contributed by atoms with Crippen molar-refractivity contribution in [2.24, 2.45) is 0 Å². The van der Waals surface area contributed by atoms with Gasteiger partial charge in [0.1, 0.15) is 0 Å². The fourth-order valence-electron chi connectivity index (χ4n) is 1.14. The molecule has 4 heteroatoms. The fraction of sp³-hybridized carbons (Fsp3) is 0.444. The molecule has 0 bridgehead atoms. The van der Waals surface area contributed by atoms with Crippen molar-refractivity contribution in [2.45, 2.75) is 6.42 Å². The first-order valence-electron chi connectivity index (χ1n) is 4.29. The Hall–Kier alpha value is -1.16. The topological polar surface area (TPSA) is 49.4 Å². The van der Waals surface area contributed by atoms with E-state index in [1.165, 1.54) is 17.1 Å². The van der Waals surface area contributed by atoms with Gasteiger partial charge in [-0.3, -0.25) is 14.5 Å². The lowest BCUT2D eigenvalue weighted by Gasteiger charge is -2.12. The normalized spacial score (nSPS) is 15.9. The largest absolute Gasteiger partial charge is 0.317 e. The zero-order valence-electron chi connectivity index (χ0n) is 7.45. The molecule has 1 aliphatic heterocycles. The second-order valence-electron chi connectivity index (χ2n) is 2.77. The smallest absolute Gasteiger partial charge is 0.253 e. The highest BCUT2D eigenvalue weighted by atomic mass is 16.2. The summed E-state index contributed by atoms with van der Waals surface area (Å²) < 4.78 is 0. The van der Waals surface area contributed by atoms with Crippen LogP contribution in [0.25, 0.3) is 0 Å². The Morgan fingerprint density at radius 3 is 2.46 bits per heavy atom. The van der Waals surface area contributed by atoms with E-state index in [-0.39, 0.29) is 11.8 Å². The minimum Gasteiger partial charge on any atom is -0.317 e. The molecule has 2 amide bonds. The van der Waals surface area contributed by atoms with Gasteiger partial charge in [0.2, 0.25) is 0 Å². The summed E-state index contributed by atoms with van der Waals surface area (Å²) in [5.74, 6) is -0.417. The van der Waals surface area contributed by atoms with Crippen LogP contribution in [0.5, 0.6) is 0 Å². The molecular formula is C9H13N2O2. The highest BCUT2D eigenvalue weighted by Crippen LogP contribution is 2.03. The predicted octanol–water partition coefficient (Wildman–Crippen LogP) is -0.275. The van der Waals surface area contributed by atoms with Crippen LogP contribution < -0.4 is 5.32 Å². The molecule has 0 aromatic rings. The molecule has 1 heterocycles. The van der Waals surface area contributed by atoms with Crippen molar-refractivity contribution in [2.75, 3.05) is 19.6 Å². The summed E-state index contributed by atoms with van der Waals surface area (Å²) in [6, 6.07) is 0. The number of hydrogen-bond donors (Lipinski definition) is 1. The molecule has 71 valence electrons. The number of nitrogens with one attached hydrogen (secondary N) is 1. The lowest BCUT2D eigenvalue weighted by molar-refractivity contribution is -0.136. The van der Waals surface area contributed by atoms with Gasteiger partial charge in [-0.15, -0.1) is 0 Å². The SMILES string of the molecule is [CH2]CNCCCN1C(=O)C=CC1=O. The van der Waals surface area contributed by atoms with E-state index in [2.05, 4.69) is 12.2 Å². The summed E-state index contributed by atoms with van der Waals surface area (Å²) in [6.45, 7) is 5.54. The molecule has 0 atom stereocenters. The van der Waals surface area contributed by atoms with Gasteiger partial charge in [-0.25, -0.2) is 0 Å². The van der Waals surface area contributed by atoms with Gasteiger partial charge < -0.3 is 5.32 Å². The number of carbonyl (C=O) groups is 2. The maximum absolute atomic E-state index is 11.0. The Balaban J connectivity index is 2.22. The maximum atomic E-state index is 11.0. The number of nitrogens with zero attached hydrogens (tertiary/aromatic N) is 1. The Morgan fingerprint density at radius 2 is 1.92 bits per heavy atom. The van der Waals surface area contributed by atoms with Crippen LogP contribution in [0.3, 0.4) is 0 Å². The summed E-state index contributed by atoms with van der Waals surface area (Å²) in [6.07, 6.45) is 3.38. The van der Waals surface area contributed by atoms with E-state index < -0.39 is 0 Å². The van der Waals surface area contributed by atoms with E-state index in [1.807, 2.05) is 0 Å². The summed E-state index contributed by atoms with van der Waals surface area (Å²) in [5.41, 5.74) is 0. The molecule has 0 unspecified atom stereocenters. The molecule has 0 saturated heterocycles. The minimum atomic E-state index is -0.209. The molecule has 1 radical (unpaired) electrons. The minimum absolute atomic E-state index is 0.209. The van der Waals surface area contributed by atoms with E-state index in [4.69, 9.17) is 0 Å². The second kappa shape index (κ2) is 4.77. The molecule has 4 nitrogen and oxygen atoms in total. The predicted molar refractivity (Wildman–Crippen MR) is 48.7 cm³/mol. The summed E-state index contributed by atoms with van der Waals surface area (Å²) >= 11 is 0. The van der Waals surface area contributed by atoms with Crippen molar-refractivity contribution in [3.05, 3.63) is 19.1 Å². The molecule has 1 aliphatic rings. The lowest BCUT2D eigenvalue weighted by Crippen LogP contribution is -2.32. The quantitative estimate of drug-likeness (QED) is 0.469.